The summed E-state index contributed by atoms with van der Waals surface area (Å²) in [6.45, 7) is 0. The Balaban J connectivity index is 1.11. The van der Waals surface area contributed by atoms with Gasteiger partial charge in [0.15, 0.2) is 0 Å². The van der Waals surface area contributed by atoms with Crippen molar-refractivity contribution >= 4 is 55.7 Å². The molecule has 0 saturated heterocycles. The van der Waals surface area contributed by atoms with E-state index in [-0.39, 0.29) is 0 Å². The number of hydrogen-bond donors (Lipinski definition) is 0. The van der Waals surface area contributed by atoms with Crippen molar-refractivity contribution in [3.8, 4) is 44.5 Å². The van der Waals surface area contributed by atoms with E-state index in [4.69, 9.17) is 0 Å². The predicted molar refractivity (Wildman–Crippen MR) is 324 cm³/mol. The molecule has 0 N–H and O–H groups in total. The number of fused-ring (bicyclic) bond motifs is 2. The van der Waals surface area contributed by atoms with Crippen molar-refractivity contribution in [3.05, 3.63) is 266 Å². The minimum absolute atomic E-state index is 0.608. The van der Waals surface area contributed by atoms with Gasteiger partial charge in [-0.3, -0.25) is 0 Å². The third-order valence-corrected chi connectivity index (χ3v) is 16.6. The summed E-state index contributed by atoms with van der Waals surface area (Å²) in [6, 6.07) is 95.6. The van der Waals surface area contributed by atoms with Crippen LogP contribution < -0.4 is 9.80 Å². The molecule has 0 bridgehead atoms. The molecule has 0 unspecified atom stereocenters. The Labute approximate surface area is 449 Å². The van der Waals surface area contributed by atoms with Gasteiger partial charge in [-0.25, -0.2) is 0 Å². The lowest BCUT2D eigenvalue weighted by Gasteiger charge is -2.34. The Morgan fingerprint density at radius 2 is 0.487 bits per heavy atom. The van der Waals surface area contributed by atoms with E-state index in [1.807, 2.05) is 0 Å². The molecule has 2 aliphatic rings. The molecule has 11 aromatic rings. The summed E-state index contributed by atoms with van der Waals surface area (Å²) in [4.78, 5) is 5.12. The molecule has 2 aliphatic carbocycles. The molecular weight excluding hydrogens is 917 g/mol. The predicted octanol–water partition coefficient (Wildman–Crippen LogP) is 21.7. The van der Waals surface area contributed by atoms with Crippen LogP contribution in [0.2, 0.25) is 0 Å². The Hall–Kier alpha value is -8.46. The van der Waals surface area contributed by atoms with E-state index in [9.17, 15) is 0 Å². The van der Waals surface area contributed by atoms with E-state index in [0.29, 0.717) is 11.8 Å². The summed E-state index contributed by atoms with van der Waals surface area (Å²) in [5.74, 6) is 1.22. The Kier molecular flexibility index (Phi) is 13.3. The minimum Gasteiger partial charge on any atom is -0.309 e. The molecule has 76 heavy (non-hydrogen) atoms. The summed E-state index contributed by atoms with van der Waals surface area (Å²) in [5.41, 5.74) is 19.3. The van der Waals surface area contributed by atoms with Crippen molar-refractivity contribution in [1.29, 1.82) is 0 Å². The number of rotatable bonds is 12. The second kappa shape index (κ2) is 21.4. The van der Waals surface area contributed by atoms with E-state index in [1.54, 1.807) is 0 Å². The first kappa shape index (κ1) is 47.3. The first-order chi connectivity index (χ1) is 37.7. The van der Waals surface area contributed by atoms with Crippen molar-refractivity contribution in [2.45, 2.75) is 76.0 Å². The van der Waals surface area contributed by atoms with Gasteiger partial charge in [-0.05, 0) is 154 Å². The van der Waals surface area contributed by atoms with Crippen LogP contribution in [-0.4, -0.2) is 0 Å². The molecule has 0 atom stereocenters. The van der Waals surface area contributed by atoms with Crippen LogP contribution in [0.1, 0.15) is 87.2 Å². The topological polar surface area (TPSA) is 6.48 Å². The number of nitrogens with zero attached hydrogens (tertiary/aromatic N) is 2. The largest absolute Gasteiger partial charge is 0.309 e. The molecule has 0 spiro atoms. The summed E-state index contributed by atoms with van der Waals surface area (Å²) in [5, 5.41) is 4.73. The third kappa shape index (κ3) is 9.50. The van der Waals surface area contributed by atoms with E-state index in [1.165, 1.54) is 141 Å². The molecule has 0 heterocycles. The van der Waals surface area contributed by atoms with Gasteiger partial charge < -0.3 is 9.80 Å². The van der Waals surface area contributed by atoms with Crippen LogP contribution in [0.25, 0.3) is 66.1 Å². The second-order valence-electron chi connectivity index (χ2n) is 21.3. The SMILES string of the molecule is c1ccc(-c2ccc(N(c3ccc(C4CCCCC4)cc3)c3c4ccc(-c5ccccc5)cc4c(N(c4ccc(-c5ccccc5)cc4)c4ccc(C5CCCCC5)cc4)c4ccc(-c5ccccc5)cc34)cc2)cc1. The van der Waals surface area contributed by atoms with Gasteiger partial charge in [0.2, 0.25) is 0 Å². The van der Waals surface area contributed by atoms with Gasteiger partial charge in [-0.15, -0.1) is 0 Å². The zero-order valence-corrected chi connectivity index (χ0v) is 43.4. The highest BCUT2D eigenvalue weighted by atomic mass is 15.2. The lowest BCUT2D eigenvalue weighted by atomic mass is 9.84. The summed E-state index contributed by atoms with van der Waals surface area (Å²) >= 11 is 0. The maximum Gasteiger partial charge on any atom is 0.0620 e. The fourth-order valence-electron chi connectivity index (χ4n) is 12.6. The van der Waals surface area contributed by atoms with E-state index in [0.717, 1.165) is 34.1 Å². The molecule has 13 rings (SSSR count). The maximum atomic E-state index is 2.56. The Morgan fingerprint density at radius 3 is 0.803 bits per heavy atom. The van der Waals surface area contributed by atoms with Gasteiger partial charge in [0.1, 0.15) is 0 Å². The average Bonchev–Trinajstić information content (AvgIpc) is 3.51. The van der Waals surface area contributed by atoms with Gasteiger partial charge in [0.25, 0.3) is 0 Å². The first-order valence-corrected chi connectivity index (χ1v) is 28.0. The molecule has 2 fully saturated rings. The standard InChI is InChI=1S/C74H64N2/c1-7-19-53(20-8-1)59-31-41-65(42-32-59)75(66-43-33-60(34-44-66)54-21-9-2-10-22-54)73-69-49-39-64(58-29-17-6-18-30-58)52-72(69)74(70-50-40-63(51-71(70)73)57-27-15-5-16-28-57)76(67-45-35-61(36-46-67)55-23-11-3-12-24-55)68-47-37-62(38-48-68)56-25-13-4-14-26-56/h1,3,5-8,11-12,15-20,23-24,27-52,54,56H,2,4,9-10,13-14,21-22,25-26H2. The van der Waals surface area contributed by atoms with Crippen LogP contribution in [0, 0.1) is 0 Å². The van der Waals surface area contributed by atoms with E-state index >= 15 is 0 Å². The highest BCUT2D eigenvalue weighted by Gasteiger charge is 2.28. The lowest BCUT2D eigenvalue weighted by molar-refractivity contribution is 0.443. The molecule has 0 radical (unpaired) electrons. The van der Waals surface area contributed by atoms with Gasteiger partial charge in [0, 0.05) is 44.3 Å². The summed E-state index contributed by atoms with van der Waals surface area (Å²) < 4.78 is 0. The molecular formula is C74H64N2. The molecule has 11 aromatic carbocycles. The van der Waals surface area contributed by atoms with E-state index in [2.05, 4.69) is 265 Å². The van der Waals surface area contributed by atoms with Crippen LogP contribution in [0.4, 0.5) is 34.1 Å². The highest BCUT2D eigenvalue weighted by Crippen LogP contribution is 2.53. The molecule has 0 amide bonds. The average molecular weight is 981 g/mol. The first-order valence-electron chi connectivity index (χ1n) is 28.0. The molecule has 2 nitrogen and oxygen atoms in total. The minimum atomic E-state index is 0.608. The van der Waals surface area contributed by atoms with Gasteiger partial charge >= 0.3 is 0 Å². The van der Waals surface area contributed by atoms with Gasteiger partial charge in [-0.2, -0.15) is 0 Å². The normalized spacial score (nSPS) is 14.2. The van der Waals surface area contributed by atoms with Crippen LogP contribution >= 0.6 is 0 Å². The maximum absolute atomic E-state index is 2.56. The van der Waals surface area contributed by atoms with Gasteiger partial charge in [-0.1, -0.05) is 233 Å². The van der Waals surface area contributed by atoms with Crippen LogP contribution in [-0.2, 0) is 0 Å². The van der Waals surface area contributed by atoms with Gasteiger partial charge in [0.05, 0.1) is 11.4 Å². The molecule has 0 aromatic heterocycles. The van der Waals surface area contributed by atoms with E-state index < -0.39 is 0 Å². The fourth-order valence-corrected chi connectivity index (χ4v) is 12.6. The number of benzene rings is 11. The number of anilines is 6. The third-order valence-electron chi connectivity index (χ3n) is 16.6. The van der Waals surface area contributed by atoms with Crippen molar-refractivity contribution in [1.82, 2.24) is 0 Å². The Bertz CT molecular complexity index is 3460. The Morgan fingerprint density at radius 1 is 0.224 bits per heavy atom. The molecule has 2 saturated carbocycles. The lowest BCUT2D eigenvalue weighted by Crippen LogP contribution is -2.15. The molecule has 370 valence electrons. The van der Waals surface area contributed by atoms with Crippen LogP contribution in [0.3, 0.4) is 0 Å². The smallest absolute Gasteiger partial charge is 0.0620 e. The fraction of sp³-hybridized carbons (Fsp3) is 0.162. The highest BCUT2D eigenvalue weighted by molar-refractivity contribution is 6.24. The van der Waals surface area contributed by atoms with Crippen molar-refractivity contribution in [3.63, 3.8) is 0 Å². The summed E-state index contributed by atoms with van der Waals surface area (Å²) in [7, 11) is 0. The summed E-state index contributed by atoms with van der Waals surface area (Å²) in [6.07, 6.45) is 13.0. The quantitative estimate of drug-likeness (QED) is 0.0889. The molecule has 0 aliphatic heterocycles. The monoisotopic (exact) mass is 981 g/mol. The van der Waals surface area contributed by atoms with Crippen LogP contribution in [0.5, 0.6) is 0 Å². The van der Waals surface area contributed by atoms with Crippen molar-refractivity contribution in [2.24, 2.45) is 0 Å². The van der Waals surface area contributed by atoms with Crippen molar-refractivity contribution in [2.75, 3.05) is 9.80 Å². The second-order valence-corrected chi connectivity index (χ2v) is 21.3. The number of hydrogen-bond acceptors (Lipinski definition) is 2. The zero-order chi connectivity index (χ0) is 50.6. The van der Waals surface area contributed by atoms with Crippen LogP contribution in [0.15, 0.2) is 255 Å². The van der Waals surface area contributed by atoms with Crippen molar-refractivity contribution < 1.29 is 0 Å². The molecule has 2 heteroatoms. The zero-order valence-electron chi connectivity index (χ0n) is 43.4.